The van der Waals surface area contributed by atoms with Gasteiger partial charge in [0.15, 0.2) is 0 Å². The van der Waals surface area contributed by atoms with Gasteiger partial charge in [0.05, 0.1) is 6.54 Å². The molecule has 9 nitrogen and oxygen atoms in total. The Bertz CT molecular complexity index is 835. The highest BCUT2D eigenvalue weighted by Gasteiger charge is 2.27. The van der Waals surface area contributed by atoms with E-state index in [2.05, 4.69) is 20.1 Å². The molecule has 0 radical (unpaired) electrons. The number of carbonyl (C=O) groups is 2. The zero-order valence-electron chi connectivity index (χ0n) is 15.8. The van der Waals surface area contributed by atoms with E-state index in [1.165, 1.54) is 11.3 Å². The van der Waals surface area contributed by atoms with Gasteiger partial charge < -0.3 is 14.7 Å². The van der Waals surface area contributed by atoms with Gasteiger partial charge in [-0.15, -0.1) is 10.2 Å². The van der Waals surface area contributed by atoms with Gasteiger partial charge in [0, 0.05) is 52.4 Å². The SMILES string of the molecule is CN(CC(=O)N1CCN(c2ccccn2)CC1)c1nnc(N2CCCC2=O)s1. The molecule has 0 unspecified atom stereocenters. The van der Waals surface area contributed by atoms with Gasteiger partial charge >= 0.3 is 0 Å². The van der Waals surface area contributed by atoms with E-state index in [9.17, 15) is 9.59 Å². The molecular weight excluding hydrogens is 378 g/mol. The van der Waals surface area contributed by atoms with Gasteiger partial charge in [-0.25, -0.2) is 4.98 Å². The van der Waals surface area contributed by atoms with Crippen molar-refractivity contribution < 1.29 is 9.59 Å². The van der Waals surface area contributed by atoms with Crippen molar-refractivity contribution in [3.8, 4) is 0 Å². The number of piperazine rings is 1. The number of hydrogen-bond donors (Lipinski definition) is 0. The fourth-order valence-electron chi connectivity index (χ4n) is 3.42. The van der Waals surface area contributed by atoms with Gasteiger partial charge in [0.1, 0.15) is 5.82 Å². The second kappa shape index (κ2) is 8.09. The molecule has 0 N–H and O–H groups in total. The molecule has 2 aliphatic heterocycles. The lowest BCUT2D eigenvalue weighted by Crippen LogP contribution is -2.51. The minimum atomic E-state index is 0.0668. The molecule has 2 aromatic rings. The second-order valence-electron chi connectivity index (χ2n) is 6.93. The molecule has 28 heavy (non-hydrogen) atoms. The predicted molar refractivity (Wildman–Crippen MR) is 108 cm³/mol. The van der Waals surface area contributed by atoms with Crippen LogP contribution in [0.3, 0.4) is 0 Å². The zero-order chi connectivity index (χ0) is 19.5. The van der Waals surface area contributed by atoms with Gasteiger partial charge in [-0.2, -0.15) is 0 Å². The maximum atomic E-state index is 12.7. The van der Waals surface area contributed by atoms with Gasteiger partial charge in [-0.3, -0.25) is 14.5 Å². The fraction of sp³-hybridized carbons (Fsp3) is 0.500. The van der Waals surface area contributed by atoms with Crippen molar-refractivity contribution in [3.05, 3.63) is 24.4 Å². The van der Waals surface area contributed by atoms with E-state index in [0.717, 1.165) is 25.3 Å². The Morgan fingerprint density at radius 1 is 1.18 bits per heavy atom. The lowest BCUT2D eigenvalue weighted by Gasteiger charge is -2.36. The molecular formula is C18H23N7O2S. The first-order chi connectivity index (χ1) is 13.6. The van der Waals surface area contributed by atoms with Crippen LogP contribution in [0.2, 0.25) is 0 Å². The van der Waals surface area contributed by atoms with E-state index >= 15 is 0 Å². The summed E-state index contributed by atoms with van der Waals surface area (Å²) in [5.41, 5.74) is 0. The maximum absolute atomic E-state index is 12.7. The van der Waals surface area contributed by atoms with Gasteiger partial charge in [-0.05, 0) is 18.6 Å². The third-order valence-corrected chi connectivity index (χ3v) is 6.07. The van der Waals surface area contributed by atoms with Crippen LogP contribution in [0.5, 0.6) is 0 Å². The van der Waals surface area contributed by atoms with Crippen molar-refractivity contribution in [1.82, 2.24) is 20.1 Å². The summed E-state index contributed by atoms with van der Waals surface area (Å²) in [5, 5.41) is 9.54. The van der Waals surface area contributed by atoms with Crippen molar-refractivity contribution in [3.63, 3.8) is 0 Å². The Labute approximate surface area is 167 Å². The van der Waals surface area contributed by atoms with Gasteiger partial charge in [0.2, 0.25) is 22.1 Å². The molecule has 0 saturated carbocycles. The minimum Gasteiger partial charge on any atom is -0.353 e. The molecule has 2 amide bonds. The molecule has 0 bridgehead atoms. The van der Waals surface area contributed by atoms with Crippen LogP contribution in [0.15, 0.2) is 24.4 Å². The minimum absolute atomic E-state index is 0.0668. The summed E-state index contributed by atoms with van der Waals surface area (Å²) in [4.78, 5) is 36.4. The molecule has 0 aromatic carbocycles. The molecule has 4 rings (SSSR count). The molecule has 4 heterocycles. The largest absolute Gasteiger partial charge is 0.353 e. The number of nitrogens with zero attached hydrogens (tertiary/aromatic N) is 7. The van der Waals surface area contributed by atoms with Gasteiger partial charge in [-0.1, -0.05) is 17.4 Å². The first kappa shape index (κ1) is 18.6. The highest BCUT2D eigenvalue weighted by Crippen LogP contribution is 2.29. The number of anilines is 3. The average molecular weight is 401 g/mol. The van der Waals surface area contributed by atoms with E-state index in [1.807, 2.05) is 30.1 Å². The van der Waals surface area contributed by atoms with Crippen LogP contribution in [0.4, 0.5) is 16.1 Å². The monoisotopic (exact) mass is 401 g/mol. The molecule has 2 saturated heterocycles. The van der Waals surface area contributed by atoms with Crippen molar-refractivity contribution in [2.75, 3.05) is 61.0 Å². The zero-order valence-corrected chi connectivity index (χ0v) is 16.6. The smallest absolute Gasteiger partial charge is 0.242 e. The Morgan fingerprint density at radius 2 is 2.00 bits per heavy atom. The summed E-state index contributed by atoms with van der Waals surface area (Å²) < 4.78 is 0. The summed E-state index contributed by atoms with van der Waals surface area (Å²) in [6, 6.07) is 5.86. The number of aromatic nitrogens is 3. The van der Waals surface area contributed by atoms with Crippen molar-refractivity contribution >= 4 is 39.2 Å². The number of likely N-dealkylation sites (N-methyl/N-ethyl adjacent to an activating group) is 1. The standard InChI is InChI=1S/C18H23N7O2S/c1-22(17-20-21-18(28-17)25-8-4-6-15(25)26)13-16(27)24-11-9-23(10-12-24)14-5-2-3-7-19-14/h2-3,5,7H,4,6,8-13H2,1H3. The molecule has 2 fully saturated rings. The van der Waals surface area contributed by atoms with E-state index in [4.69, 9.17) is 0 Å². The number of rotatable bonds is 5. The van der Waals surface area contributed by atoms with E-state index in [1.54, 1.807) is 16.0 Å². The van der Waals surface area contributed by atoms with Crippen LogP contribution in [0.1, 0.15) is 12.8 Å². The molecule has 2 aliphatic rings. The van der Waals surface area contributed by atoms with Crippen LogP contribution >= 0.6 is 11.3 Å². The van der Waals surface area contributed by atoms with Gasteiger partial charge in [0.25, 0.3) is 0 Å². The highest BCUT2D eigenvalue weighted by atomic mass is 32.1. The van der Waals surface area contributed by atoms with Crippen molar-refractivity contribution in [2.45, 2.75) is 12.8 Å². The van der Waals surface area contributed by atoms with E-state index in [0.29, 0.717) is 36.3 Å². The van der Waals surface area contributed by atoms with Crippen LogP contribution < -0.4 is 14.7 Å². The van der Waals surface area contributed by atoms with Crippen LogP contribution in [0.25, 0.3) is 0 Å². The van der Waals surface area contributed by atoms with Crippen molar-refractivity contribution in [1.29, 1.82) is 0 Å². The summed E-state index contributed by atoms with van der Waals surface area (Å²) in [7, 11) is 1.83. The van der Waals surface area contributed by atoms with E-state index < -0.39 is 0 Å². The first-order valence-electron chi connectivity index (χ1n) is 9.40. The molecule has 0 spiro atoms. The predicted octanol–water partition coefficient (Wildman–Crippen LogP) is 0.845. The maximum Gasteiger partial charge on any atom is 0.242 e. The summed E-state index contributed by atoms with van der Waals surface area (Å²) >= 11 is 1.35. The fourth-order valence-corrected chi connectivity index (χ4v) is 4.27. The molecule has 148 valence electrons. The van der Waals surface area contributed by atoms with Crippen LogP contribution in [-0.4, -0.2) is 78.2 Å². The number of hydrogen-bond acceptors (Lipinski definition) is 8. The summed E-state index contributed by atoms with van der Waals surface area (Å²) in [6.45, 7) is 3.82. The quantitative estimate of drug-likeness (QED) is 0.734. The highest BCUT2D eigenvalue weighted by molar-refractivity contribution is 7.19. The van der Waals surface area contributed by atoms with Crippen LogP contribution in [0, 0.1) is 0 Å². The Hall–Kier alpha value is -2.75. The topological polar surface area (TPSA) is 85.8 Å². The Kier molecular flexibility index (Phi) is 5.38. The first-order valence-corrected chi connectivity index (χ1v) is 10.2. The average Bonchev–Trinajstić information content (AvgIpc) is 3.37. The number of carbonyl (C=O) groups excluding carboxylic acids is 2. The molecule has 2 aromatic heterocycles. The number of amides is 2. The third-order valence-electron chi connectivity index (χ3n) is 5.01. The summed E-state index contributed by atoms with van der Waals surface area (Å²) in [5.74, 6) is 1.11. The lowest BCUT2D eigenvalue weighted by atomic mass is 10.3. The van der Waals surface area contributed by atoms with Crippen molar-refractivity contribution in [2.24, 2.45) is 0 Å². The Balaban J connectivity index is 1.30. The summed E-state index contributed by atoms with van der Waals surface area (Å²) in [6.07, 6.45) is 3.20. The normalized spacial score (nSPS) is 17.3. The van der Waals surface area contributed by atoms with E-state index in [-0.39, 0.29) is 18.4 Å². The Morgan fingerprint density at radius 3 is 2.68 bits per heavy atom. The molecule has 0 atom stereocenters. The molecule has 0 aliphatic carbocycles. The molecule has 10 heteroatoms. The lowest BCUT2D eigenvalue weighted by molar-refractivity contribution is -0.130. The number of pyridine rings is 1. The third kappa shape index (κ3) is 3.91. The van der Waals surface area contributed by atoms with Crippen LogP contribution in [-0.2, 0) is 9.59 Å². The second-order valence-corrected chi connectivity index (χ2v) is 7.86.